The average molecular weight is 227 g/mol. The summed E-state index contributed by atoms with van der Waals surface area (Å²) in [6.45, 7) is 2.80. The van der Waals surface area contributed by atoms with Gasteiger partial charge in [-0.25, -0.2) is 0 Å². The minimum Gasteiger partial charge on any atom is -0.356 e. The molecule has 0 aromatic heterocycles. The third-order valence-electron chi connectivity index (χ3n) is 2.42. The molecule has 6 heteroatoms. The van der Waals surface area contributed by atoms with Crippen molar-refractivity contribution < 1.29 is 14.4 Å². The van der Waals surface area contributed by atoms with Gasteiger partial charge in [0.1, 0.15) is 0 Å². The van der Waals surface area contributed by atoms with Gasteiger partial charge in [-0.2, -0.15) is 0 Å². The molecule has 1 aliphatic rings. The Hall–Kier alpha value is -1.59. The Labute approximate surface area is 94.2 Å². The molecule has 1 rings (SSSR count). The Kier molecular flexibility index (Phi) is 4.75. The molecule has 1 atom stereocenters. The van der Waals surface area contributed by atoms with Crippen LogP contribution in [0.25, 0.3) is 0 Å². The lowest BCUT2D eigenvalue weighted by atomic mass is 9.97. The third kappa shape index (κ3) is 4.29. The molecule has 16 heavy (non-hydrogen) atoms. The largest absolute Gasteiger partial charge is 0.356 e. The Morgan fingerprint density at radius 1 is 1.38 bits per heavy atom. The zero-order valence-electron chi connectivity index (χ0n) is 9.34. The van der Waals surface area contributed by atoms with Crippen molar-refractivity contribution in [3.05, 3.63) is 0 Å². The van der Waals surface area contributed by atoms with E-state index in [0.717, 1.165) is 0 Å². The van der Waals surface area contributed by atoms with Crippen LogP contribution < -0.4 is 16.0 Å². The van der Waals surface area contributed by atoms with Crippen molar-refractivity contribution in [3.63, 3.8) is 0 Å². The molecule has 0 aliphatic carbocycles. The van der Waals surface area contributed by atoms with E-state index in [4.69, 9.17) is 0 Å². The third-order valence-corrected chi connectivity index (χ3v) is 2.42. The molecule has 0 radical (unpaired) electrons. The molecule has 1 heterocycles. The van der Waals surface area contributed by atoms with E-state index >= 15 is 0 Å². The summed E-state index contributed by atoms with van der Waals surface area (Å²) in [5, 5.41) is 7.95. The number of rotatable bonds is 4. The first-order valence-electron chi connectivity index (χ1n) is 5.38. The maximum atomic E-state index is 11.6. The van der Waals surface area contributed by atoms with Gasteiger partial charge in [-0.1, -0.05) is 0 Å². The van der Waals surface area contributed by atoms with E-state index in [2.05, 4.69) is 16.0 Å². The number of hydrogen-bond acceptors (Lipinski definition) is 3. The number of amides is 3. The average Bonchev–Trinajstić information content (AvgIpc) is 2.24. The molecule has 1 fully saturated rings. The van der Waals surface area contributed by atoms with Crippen LogP contribution in [-0.4, -0.2) is 37.4 Å². The zero-order chi connectivity index (χ0) is 12.0. The van der Waals surface area contributed by atoms with Crippen molar-refractivity contribution in [1.29, 1.82) is 0 Å². The van der Waals surface area contributed by atoms with Crippen LogP contribution in [-0.2, 0) is 14.4 Å². The van der Waals surface area contributed by atoms with Crippen molar-refractivity contribution in [2.24, 2.45) is 5.92 Å². The summed E-state index contributed by atoms with van der Waals surface area (Å²) in [5.74, 6) is -0.536. The molecule has 6 nitrogen and oxygen atoms in total. The van der Waals surface area contributed by atoms with Gasteiger partial charge >= 0.3 is 0 Å². The van der Waals surface area contributed by atoms with Gasteiger partial charge in [0, 0.05) is 38.9 Å². The van der Waals surface area contributed by atoms with Gasteiger partial charge in [-0.05, 0) is 6.42 Å². The molecular weight excluding hydrogens is 210 g/mol. The molecule has 0 saturated carbocycles. The number of hydrogen-bond donors (Lipinski definition) is 3. The maximum absolute atomic E-state index is 11.6. The van der Waals surface area contributed by atoms with Crippen LogP contribution in [0.15, 0.2) is 0 Å². The molecule has 0 aromatic carbocycles. The van der Waals surface area contributed by atoms with Gasteiger partial charge in [0.05, 0.1) is 0 Å². The molecule has 0 bridgehead atoms. The van der Waals surface area contributed by atoms with E-state index in [1.165, 1.54) is 6.92 Å². The highest BCUT2D eigenvalue weighted by molar-refractivity contribution is 5.86. The molecule has 1 saturated heterocycles. The normalized spacial score (nSPS) is 19.8. The lowest BCUT2D eigenvalue weighted by Gasteiger charge is -2.21. The molecular formula is C10H17N3O3. The first kappa shape index (κ1) is 12.5. The second kappa shape index (κ2) is 6.09. The Bertz CT molecular complexity index is 291. The standard InChI is InChI=1S/C10H17N3O3/c1-7(14)11-4-5-13-10(16)8-2-3-12-9(15)6-8/h8H,2-6H2,1H3,(H,11,14)(H,12,15)(H,13,16). The second-order valence-corrected chi connectivity index (χ2v) is 3.81. The Morgan fingerprint density at radius 2 is 2.06 bits per heavy atom. The molecule has 0 spiro atoms. The summed E-state index contributed by atoms with van der Waals surface area (Å²) in [6.07, 6.45) is 0.934. The van der Waals surface area contributed by atoms with Crippen molar-refractivity contribution in [1.82, 2.24) is 16.0 Å². The lowest BCUT2D eigenvalue weighted by Crippen LogP contribution is -2.42. The van der Waals surface area contributed by atoms with Crippen LogP contribution in [0.2, 0.25) is 0 Å². The van der Waals surface area contributed by atoms with E-state index in [-0.39, 0.29) is 30.1 Å². The number of carbonyl (C=O) groups is 3. The predicted octanol–water partition coefficient (Wildman–Crippen LogP) is -1.24. The molecule has 3 N–H and O–H groups in total. The van der Waals surface area contributed by atoms with Crippen molar-refractivity contribution in [2.45, 2.75) is 19.8 Å². The Morgan fingerprint density at radius 3 is 2.69 bits per heavy atom. The van der Waals surface area contributed by atoms with Crippen LogP contribution in [0.3, 0.4) is 0 Å². The van der Waals surface area contributed by atoms with E-state index in [1.54, 1.807) is 0 Å². The molecule has 0 aromatic rings. The topological polar surface area (TPSA) is 87.3 Å². The monoisotopic (exact) mass is 227 g/mol. The quantitative estimate of drug-likeness (QED) is 0.525. The summed E-state index contributed by atoms with van der Waals surface area (Å²) < 4.78 is 0. The smallest absolute Gasteiger partial charge is 0.223 e. The summed E-state index contributed by atoms with van der Waals surface area (Å²) in [6, 6.07) is 0. The van der Waals surface area contributed by atoms with Crippen LogP contribution >= 0.6 is 0 Å². The fraction of sp³-hybridized carbons (Fsp3) is 0.700. The van der Waals surface area contributed by atoms with E-state index in [1.807, 2.05) is 0 Å². The van der Waals surface area contributed by atoms with Crippen molar-refractivity contribution in [2.75, 3.05) is 19.6 Å². The van der Waals surface area contributed by atoms with Crippen LogP contribution in [0.1, 0.15) is 19.8 Å². The van der Waals surface area contributed by atoms with Gasteiger partial charge in [0.2, 0.25) is 17.7 Å². The van der Waals surface area contributed by atoms with Gasteiger partial charge in [-0.3, -0.25) is 14.4 Å². The highest BCUT2D eigenvalue weighted by Crippen LogP contribution is 2.11. The van der Waals surface area contributed by atoms with Gasteiger partial charge in [0.25, 0.3) is 0 Å². The van der Waals surface area contributed by atoms with Crippen molar-refractivity contribution >= 4 is 17.7 Å². The first-order valence-corrected chi connectivity index (χ1v) is 5.38. The summed E-state index contributed by atoms with van der Waals surface area (Å²) >= 11 is 0. The predicted molar refractivity (Wildman–Crippen MR) is 57.4 cm³/mol. The minimum atomic E-state index is -0.230. The SMILES string of the molecule is CC(=O)NCCNC(=O)C1CCNC(=O)C1. The molecule has 3 amide bonds. The maximum Gasteiger partial charge on any atom is 0.223 e. The van der Waals surface area contributed by atoms with Gasteiger partial charge in [-0.15, -0.1) is 0 Å². The molecule has 90 valence electrons. The van der Waals surface area contributed by atoms with E-state index < -0.39 is 0 Å². The summed E-state index contributed by atoms with van der Waals surface area (Å²) in [7, 11) is 0. The fourth-order valence-electron chi connectivity index (χ4n) is 1.58. The van der Waals surface area contributed by atoms with Crippen LogP contribution in [0.5, 0.6) is 0 Å². The molecule has 1 aliphatic heterocycles. The Balaban J connectivity index is 2.19. The molecule has 1 unspecified atom stereocenters. The summed E-state index contributed by atoms with van der Waals surface area (Å²) in [5.41, 5.74) is 0. The highest BCUT2D eigenvalue weighted by Gasteiger charge is 2.24. The van der Waals surface area contributed by atoms with Gasteiger partial charge < -0.3 is 16.0 Å². The van der Waals surface area contributed by atoms with Gasteiger partial charge in [0.15, 0.2) is 0 Å². The highest BCUT2D eigenvalue weighted by atomic mass is 16.2. The summed E-state index contributed by atoms with van der Waals surface area (Å²) in [4.78, 5) is 33.2. The zero-order valence-corrected chi connectivity index (χ0v) is 9.34. The van der Waals surface area contributed by atoms with E-state index in [9.17, 15) is 14.4 Å². The number of carbonyl (C=O) groups excluding carboxylic acids is 3. The first-order chi connectivity index (χ1) is 7.59. The number of piperidine rings is 1. The minimum absolute atomic E-state index is 0.0757. The van der Waals surface area contributed by atoms with Crippen molar-refractivity contribution in [3.8, 4) is 0 Å². The van der Waals surface area contributed by atoms with E-state index in [0.29, 0.717) is 26.1 Å². The van der Waals surface area contributed by atoms with Crippen LogP contribution in [0.4, 0.5) is 0 Å². The lowest BCUT2D eigenvalue weighted by molar-refractivity contribution is -0.132. The number of nitrogens with one attached hydrogen (secondary N) is 3. The van der Waals surface area contributed by atoms with Crippen LogP contribution in [0, 0.1) is 5.92 Å². The fourth-order valence-corrected chi connectivity index (χ4v) is 1.58. The second-order valence-electron chi connectivity index (χ2n) is 3.81.